The van der Waals surface area contributed by atoms with E-state index in [0.29, 0.717) is 16.6 Å². The Morgan fingerprint density at radius 3 is 2.31 bits per heavy atom. The molecule has 4 nitrogen and oxygen atoms in total. The van der Waals surface area contributed by atoms with Crippen molar-refractivity contribution in [1.29, 1.82) is 0 Å². The normalized spacial score (nSPS) is 10.8. The number of hydrogen-bond donors (Lipinski definition) is 1. The van der Waals surface area contributed by atoms with Gasteiger partial charge in [0.05, 0.1) is 17.8 Å². The van der Waals surface area contributed by atoms with Crippen LogP contribution in [0.3, 0.4) is 0 Å². The summed E-state index contributed by atoms with van der Waals surface area (Å²) >= 11 is 12.3. The molecule has 0 spiro atoms. The third-order valence-corrected chi connectivity index (χ3v) is 5.01. The maximum atomic E-state index is 12.4. The van der Waals surface area contributed by atoms with E-state index >= 15 is 0 Å². The first-order valence-electron chi connectivity index (χ1n) is 8.27. The van der Waals surface area contributed by atoms with Gasteiger partial charge in [0.15, 0.2) is 0 Å². The lowest BCUT2D eigenvalue weighted by Crippen LogP contribution is -2.25. The first-order chi connectivity index (χ1) is 12.5. The van der Waals surface area contributed by atoms with Crippen LogP contribution in [0.4, 0.5) is 0 Å². The predicted octanol–water partition coefficient (Wildman–Crippen LogP) is 4.65. The van der Waals surface area contributed by atoms with Crippen LogP contribution in [0.15, 0.2) is 48.5 Å². The highest BCUT2D eigenvalue weighted by molar-refractivity contribution is 6.36. The summed E-state index contributed by atoms with van der Waals surface area (Å²) in [7, 11) is 0. The molecule has 0 saturated heterocycles. The van der Waals surface area contributed by atoms with E-state index < -0.39 is 0 Å². The average Bonchev–Trinajstić information content (AvgIpc) is 2.90. The summed E-state index contributed by atoms with van der Waals surface area (Å²) in [5.74, 6) is -0.0974. The molecule has 0 bridgehead atoms. The number of rotatable bonds is 5. The number of amides is 1. The Labute approximate surface area is 162 Å². The van der Waals surface area contributed by atoms with Gasteiger partial charge < -0.3 is 5.32 Å². The zero-order chi connectivity index (χ0) is 18.7. The van der Waals surface area contributed by atoms with Crippen LogP contribution in [0.25, 0.3) is 5.69 Å². The molecule has 1 N–H and O–H groups in total. The molecule has 1 amide bonds. The number of carbonyl (C=O) groups excluding carboxylic acids is 1. The summed E-state index contributed by atoms with van der Waals surface area (Å²) in [6, 6.07) is 15.2. The van der Waals surface area contributed by atoms with E-state index in [2.05, 4.69) is 10.4 Å². The van der Waals surface area contributed by atoms with Crippen molar-refractivity contribution in [3.8, 4) is 5.69 Å². The van der Waals surface area contributed by atoms with Crippen LogP contribution in [0.1, 0.15) is 22.5 Å². The quantitative estimate of drug-likeness (QED) is 0.691. The highest BCUT2D eigenvalue weighted by Gasteiger charge is 2.16. The smallest absolute Gasteiger partial charge is 0.224 e. The van der Waals surface area contributed by atoms with Crippen molar-refractivity contribution in [3.05, 3.63) is 81.1 Å². The van der Waals surface area contributed by atoms with E-state index in [-0.39, 0.29) is 12.3 Å². The molecule has 0 radical (unpaired) electrons. The second-order valence-electron chi connectivity index (χ2n) is 6.05. The number of nitrogens with zero attached hydrogens (tertiary/aromatic N) is 2. The topological polar surface area (TPSA) is 46.9 Å². The molecule has 134 valence electrons. The van der Waals surface area contributed by atoms with Gasteiger partial charge in [-0.2, -0.15) is 5.10 Å². The fourth-order valence-corrected chi connectivity index (χ4v) is 3.39. The molecular weight excluding hydrogens is 369 g/mol. The molecule has 0 aliphatic rings. The van der Waals surface area contributed by atoms with Crippen molar-refractivity contribution in [3.63, 3.8) is 0 Å². The molecule has 2 aromatic carbocycles. The average molecular weight is 388 g/mol. The van der Waals surface area contributed by atoms with Crippen LogP contribution in [-0.4, -0.2) is 15.7 Å². The van der Waals surface area contributed by atoms with Gasteiger partial charge in [-0.3, -0.25) is 4.79 Å². The number of halogens is 2. The molecule has 0 atom stereocenters. The van der Waals surface area contributed by atoms with Crippen molar-refractivity contribution in [2.75, 3.05) is 0 Å². The third-order valence-electron chi connectivity index (χ3n) is 4.30. The molecular formula is C20H19Cl2N3O. The second-order valence-corrected chi connectivity index (χ2v) is 6.86. The molecule has 1 heterocycles. The molecule has 0 saturated carbocycles. The first-order valence-corrected chi connectivity index (χ1v) is 9.03. The van der Waals surface area contributed by atoms with E-state index in [4.69, 9.17) is 23.2 Å². The number of hydrogen-bond acceptors (Lipinski definition) is 2. The Kier molecular flexibility index (Phi) is 5.64. The Balaban J connectivity index is 1.73. The van der Waals surface area contributed by atoms with Crippen molar-refractivity contribution >= 4 is 29.1 Å². The Morgan fingerprint density at radius 1 is 1.00 bits per heavy atom. The molecule has 6 heteroatoms. The fraction of sp³-hybridized carbons (Fsp3) is 0.200. The maximum Gasteiger partial charge on any atom is 0.224 e. The predicted molar refractivity (Wildman–Crippen MR) is 105 cm³/mol. The number of para-hydroxylation sites is 1. The summed E-state index contributed by atoms with van der Waals surface area (Å²) in [4.78, 5) is 12.4. The van der Waals surface area contributed by atoms with Crippen LogP contribution in [0, 0.1) is 13.8 Å². The van der Waals surface area contributed by atoms with Crippen molar-refractivity contribution in [2.45, 2.75) is 26.8 Å². The Morgan fingerprint density at radius 2 is 1.65 bits per heavy atom. The standard InChI is InChI=1S/C20H19Cl2N3O/c1-13-16(14(2)25(24-13)15-7-4-3-5-8-15)11-20(26)23-12-17-18(21)9-6-10-19(17)22/h3-10H,11-12H2,1-2H3,(H,23,26). The maximum absolute atomic E-state index is 12.4. The minimum absolute atomic E-state index is 0.0974. The number of aryl methyl sites for hydroxylation is 1. The monoisotopic (exact) mass is 387 g/mol. The summed E-state index contributed by atoms with van der Waals surface area (Å²) < 4.78 is 1.86. The van der Waals surface area contributed by atoms with Gasteiger partial charge in [0, 0.05) is 33.4 Å². The van der Waals surface area contributed by atoms with E-state index in [1.54, 1.807) is 18.2 Å². The van der Waals surface area contributed by atoms with Gasteiger partial charge in [-0.1, -0.05) is 47.5 Å². The van der Waals surface area contributed by atoms with E-state index in [9.17, 15) is 4.79 Å². The summed E-state index contributed by atoms with van der Waals surface area (Å²) in [6.45, 7) is 4.18. The van der Waals surface area contributed by atoms with E-state index in [1.165, 1.54) is 0 Å². The minimum Gasteiger partial charge on any atom is -0.352 e. The molecule has 0 aliphatic carbocycles. The van der Waals surface area contributed by atoms with E-state index in [0.717, 1.165) is 28.2 Å². The summed E-state index contributed by atoms with van der Waals surface area (Å²) in [5, 5.41) is 8.55. The molecule has 1 aromatic heterocycles. The zero-order valence-electron chi connectivity index (χ0n) is 14.6. The summed E-state index contributed by atoms with van der Waals surface area (Å²) in [5.41, 5.74) is 4.42. The SMILES string of the molecule is Cc1nn(-c2ccccc2)c(C)c1CC(=O)NCc1c(Cl)cccc1Cl. The fourth-order valence-electron chi connectivity index (χ4n) is 2.86. The lowest BCUT2D eigenvalue weighted by atomic mass is 10.1. The molecule has 3 rings (SSSR count). The van der Waals surface area contributed by atoms with Crippen LogP contribution >= 0.6 is 23.2 Å². The van der Waals surface area contributed by atoms with Gasteiger partial charge in [-0.05, 0) is 38.1 Å². The minimum atomic E-state index is -0.0974. The van der Waals surface area contributed by atoms with Gasteiger partial charge in [-0.25, -0.2) is 4.68 Å². The van der Waals surface area contributed by atoms with Crippen LogP contribution < -0.4 is 5.32 Å². The second kappa shape index (κ2) is 7.94. The Bertz CT molecular complexity index is 915. The number of aromatic nitrogens is 2. The molecule has 0 unspecified atom stereocenters. The molecule has 0 fully saturated rings. The van der Waals surface area contributed by atoms with Gasteiger partial charge >= 0.3 is 0 Å². The number of benzene rings is 2. The van der Waals surface area contributed by atoms with Gasteiger partial charge in [0.2, 0.25) is 5.91 Å². The summed E-state index contributed by atoms with van der Waals surface area (Å²) in [6.07, 6.45) is 0.257. The van der Waals surface area contributed by atoms with Crippen molar-refractivity contribution < 1.29 is 4.79 Å². The van der Waals surface area contributed by atoms with Gasteiger partial charge in [-0.15, -0.1) is 0 Å². The largest absolute Gasteiger partial charge is 0.352 e. The van der Waals surface area contributed by atoms with Crippen LogP contribution in [0.5, 0.6) is 0 Å². The van der Waals surface area contributed by atoms with Gasteiger partial charge in [0.1, 0.15) is 0 Å². The Hall–Kier alpha value is -2.30. The number of nitrogens with one attached hydrogen (secondary N) is 1. The molecule has 3 aromatic rings. The lowest BCUT2D eigenvalue weighted by Gasteiger charge is -2.09. The van der Waals surface area contributed by atoms with Crippen molar-refractivity contribution in [2.24, 2.45) is 0 Å². The van der Waals surface area contributed by atoms with Gasteiger partial charge in [0.25, 0.3) is 0 Å². The molecule has 26 heavy (non-hydrogen) atoms. The van der Waals surface area contributed by atoms with Crippen LogP contribution in [-0.2, 0) is 17.8 Å². The third kappa shape index (κ3) is 3.92. The van der Waals surface area contributed by atoms with E-state index in [1.807, 2.05) is 48.9 Å². The van der Waals surface area contributed by atoms with Crippen LogP contribution in [0.2, 0.25) is 10.0 Å². The highest BCUT2D eigenvalue weighted by Crippen LogP contribution is 2.24. The first kappa shape index (κ1) is 18.5. The highest BCUT2D eigenvalue weighted by atomic mass is 35.5. The zero-order valence-corrected chi connectivity index (χ0v) is 16.1. The molecule has 0 aliphatic heterocycles. The number of carbonyl (C=O) groups is 1. The lowest BCUT2D eigenvalue weighted by molar-refractivity contribution is -0.120. The van der Waals surface area contributed by atoms with Crippen molar-refractivity contribution in [1.82, 2.24) is 15.1 Å².